The number of hydrogen-bond donors (Lipinski definition) is 0. The van der Waals surface area contributed by atoms with E-state index in [1.165, 1.54) is 71.7 Å². The second-order valence-electron chi connectivity index (χ2n) is 16.8. The first-order valence-corrected chi connectivity index (χ1v) is 22.0. The van der Waals surface area contributed by atoms with Crippen LogP contribution in [-0.2, 0) is 5.41 Å². The molecular weight excluding hydrogens is 761 g/mol. The fourth-order valence-electron chi connectivity index (χ4n) is 10.5. The molecule has 9 aromatic carbocycles. The number of rotatable bonds is 8. The molecule has 0 aliphatic heterocycles. The molecule has 0 amide bonds. The van der Waals surface area contributed by atoms with Crippen LogP contribution in [0.15, 0.2) is 249 Å². The smallest absolute Gasteiger partial charge is 0.0715 e. The Morgan fingerprint density at radius 2 is 1.14 bits per heavy atom. The van der Waals surface area contributed by atoms with Gasteiger partial charge in [-0.05, 0) is 123 Å². The second-order valence-corrected chi connectivity index (χ2v) is 16.8. The van der Waals surface area contributed by atoms with E-state index in [0.717, 1.165) is 29.2 Å². The van der Waals surface area contributed by atoms with Gasteiger partial charge in [-0.1, -0.05) is 182 Å². The lowest BCUT2D eigenvalue weighted by molar-refractivity contribution is 0.767. The maximum Gasteiger partial charge on any atom is 0.0715 e. The predicted molar refractivity (Wildman–Crippen MR) is 264 cm³/mol. The molecule has 10 aromatic rings. The van der Waals surface area contributed by atoms with Crippen molar-refractivity contribution in [3.63, 3.8) is 0 Å². The van der Waals surface area contributed by atoms with Gasteiger partial charge in [-0.25, -0.2) is 0 Å². The van der Waals surface area contributed by atoms with E-state index in [2.05, 4.69) is 258 Å². The van der Waals surface area contributed by atoms with Crippen molar-refractivity contribution in [3.8, 4) is 27.9 Å². The van der Waals surface area contributed by atoms with Crippen molar-refractivity contribution in [1.29, 1.82) is 0 Å². The summed E-state index contributed by atoms with van der Waals surface area (Å²) >= 11 is 0. The second kappa shape index (κ2) is 15.2. The van der Waals surface area contributed by atoms with Crippen molar-refractivity contribution in [1.82, 2.24) is 4.57 Å². The first-order chi connectivity index (χ1) is 31.2. The van der Waals surface area contributed by atoms with Crippen molar-refractivity contribution in [3.05, 3.63) is 277 Å². The molecule has 0 radical (unpaired) electrons. The molecule has 1 aromatic heterocycles. The number of aromatic nitrogens is 1. The monoisotopic (exact) mass is 804 g/mol. The van der Waals surface area contributed by atoms with E-state index in [4.69, 9.17) is 0 Å². The number of anilines is 3. The van der Waals surface area contributed by atoms with E-state index < -0.39 is 5.41 Å². The highest BCUT2D eigenvalue weighted by atomic mass is 15.1. The molecule has 2 nitrogen and oxygen atoms in total. The lowest BCUT2D eigenvalue weighted by atomic mass is 9.67. The Morgan fingerprint density at radius 3 is 1.89 bits per heavy atom. The summed E-state index contributed by atoms with van der Waals surface area (Å²) in [5, 5.41) is 3.65. The molecule has 2 heteroatoms. The molecule has 0 N–H and O–H groups in total. The van der Waals surface area contributed by atoms with Crippen LogP contribution in [0, 0.1) is 0 Å². The molecule has 12 rings (SSSR count). The van der Waals surface area contributed by atoms with E-state index in [-0.39, 0.29) is 0 Å². The molecule has 1 atom stereocenters. The number of nitrogens with zero attached hydrogens (tertiary/aromatic N) is 2. The molecule has 2 aliphatic carbocycles. The maximum absolute atomic E-state index is 2.48. The van der Waals surface area contributed by atoms with Crippen LogP contribution in [0.5, 0.6) is 0 Å². The van der Waals surface area contributed by atoms with Crippen molar-refractivity contribution >= 4 is 38.7 Å². The van der Waals surface area contributed by atoms with Gasteiger partial charge in [0.1, 0.15) is 0 Å². The summed E-state index contributed by atoms with van der Waals surface area (Å²) in [4.78, 5) is 2.47. The van der Waals surface area contributed by atoms with Crippen LogP contribution in [0.1, 0.15) is 40.2 Å². The summed E-state index contributed by atoms with van der Waals surface area (Å²) in [6.45, 7) is 0. The summed E-state index contributed by atoms with van der Waals surface area (Å²) in [6.07, 6.45) is 12.1. The minimum atomic E-state index is -0.599. The van der Waals surface area contributed by atoms with Crippen molar-refractivity contribution < 1.29 is 0 Å². The summed E-state index contributed by atoms with van der Waals surface area (Å²) in [5.41, 5.74) is 16.4. The first-order valence-electron chi connectivity index (χ1n) is 22.0. The molecule has 0 fully saturated rings. The van der Waals surface area contributed by atoms with E-state index in [9.17, 15) is 0 Å². The fraction of sp³-hybridized carbons (Fsp3) is 0.0492. The Bertz CT molecular complexity index is 3310. The number of benzene rings is 9. The largest absolute Gasteiger partial charge is 0.317 e. The van der Waals surface area contributed by atoms with Gasteiger partial charge in [0, 0.05) is 39.9 Å². The van der Waals surface area contributed by atoms with Gasteiger partial charge in [0.25, 0.3) is 0 Å². The van der Waals surface area contributed by atoms with Gasteiger partial charge >= 0.3 is 0 Å². The zero-order valence-electron chi connectivity index (χ0n) is 34.9. The Balaban J connectivity index is 1.07. The van der Waals surface area contributed by atoms with Crippen LogP contribution < -0.4 is 4.90 Å². The van der Waals surface area contributed by atoms with Gasteiger partial charge in [0.15, 0.2) is 0 Å². The summed E-state index contributed by atoms with van der Waals surface area (Å²) in [7, 11) is 0. The number of allylic oxidation sites excluding steroid dienone is 4. The van der Waals surface area contributed by atoms with Crippen molar-refractivity contribution in [2.45, 2.75) is 17.8 Å². The first kappa shape index (κ1) is 36.9. The predicted octanol–water partition coefficient (Wildman–Crippen LogP) is 15.9. The third-order valence-corrected chi connectivity index (χ3v) is 13.4. The Morgan fingerprint density at radius 1 is 0.476 bits per heavy atom. The van der Waals surface area contributed by atoms with Gasteiger partial charge in [-0.3, -0.25) is 0 Å². The molecule has 0 saturated heterocycles. The normalized spacial score (nSPS) is 14.8. The van der Waals surface area contributed by atoms with Gasteiger partial charge < -0.3 is 9.47 Å². The minimum Gasteiger partial charge on any atom is -0.317 e. The molecule has 63 heavy (non-hydrogen) atoms. The molecular formula is C61H44N2. The minimum absolute atomic E-state index is 0.382. The number of fused-ring (bicyclic) bond motifs is 5. The highest BCUT2D eigenvalue weighted by molar-refractivity contribution is 6.00. The molecule has 0 spiro atoms. The van der Waals surface area contributed by atoms with Crippen molar-refractivity contribution in [2.24, 2.45) is 0 Å². The maximum atomic E-state index is 2.48. The molecule has 1 unspecified atom stereocenters. The van der Waals surface area contributed by atoms with Gasteiger partial charge in [0.05, 0.1) is 16.6 Å². The van der Waals surface area contributed by atoms with Gasteiger partial charge in [-0.15, -0.1) is 0 Å². The Kier molecular flexibility index (Phi) is 8.90. The van der Waals surface area contributed by atoms with E-state index >= 15 is 0 Å². The average molecular weight is 805 g/mol. The fourth-order valence-corrected chi connectivity index (χ4v) is 10.5. The van der Waals surface area contributed by atoms with E-state index in [1.807, 2.05) is 0 Å². The Hall–Kier alpha value is -7.94. The standard InChI is InChI=1S/C61H44N2/c1-5-16-43(17-6-1)45-28-31-51(32-29-45)63(60-27-15-21-46-20-13-14-26-54(46)60)53-34-36-56-55-35-33-52(62-39-38-48-40-47(30-37-59(48)62)44-18-7-2-8-19-44)41-57(55)61(58(56)42-53,49-22-9-3-10-23-49)50-24-11-4-12-25-50/h1-16,18-43H,17H2. The van der Waals surface area contributed by atoms with Crippen LogP contribution in [0.2, 0.25) is 0 Å². The average Bonchev–Trinajstić information content (AvgIpc) is 3.92. The van der Waals surface area contributed by atoms with Crippen molar-refractivity contribution in [2.75, 3.05) is 4.90 Å². The van der Waals surface area contributed by atoms with Crippen LogP contribution in [0.3, 0.4) is 0 Å². The SMILES string of the molecule is C1=CCC(c2ccc(N(c3ccc4c(c3)C(c3ccccc3)(c3ccccc3)c3cc(-n5ccc6cc(-c7ccccc7)ccc65)ccc3-4)c3cccc4ccccc34)cc2)C=C1. The van der Waals surface area contributed by atoms with Gasteiger partial charge in [0.2, 0.25) is 0 Å². The highest BCUT2D eigenvalue weighted by Gasteiger charge is 2.46. The van der Waals surface area contributed by atoms with Crippen LogP contribution in [0.25, 0.3) is 49.6 Å². The lowest BCUT2D eigenvalue weighted by Gasteiger charge is -2.35. The topological polar surface area (TPSA) is 8.17 Å². The zero-order chi connectivity index (χ0) is 41.7. The van der Waals surface area contributed by atoms with E-state index in [1.54, 1.807) is 0 Å². The Labute approximate surface area is 369 Å². The molecule has 0 saturated carbocycles. The molecule has 298 valence electrons. The van der Waals surface area contributed by atoms with Crippen LogP contribution >= 0.6 is 0 Å². The lowest BCUT2D eigenvalue weighted by Crippen LogP contribution is -2.29. The summed E-state index contributed by atoms with van der Waals surface area (Å²) in [5.74, 6) is 0.382. The molecule has 2 aliphatic rings. The third-order valence-electron chi connectivity index (χ3n) is 13.4. The molecule has 0 bridgehead atoms. The van der Waals surface area contributed by atoms with Crippen LogP contribution in [0.4, 0.5) is 17.1 Å². The summed E-state index contributed by atoms with van der Waals surface area (Å²) in [6, 6.07) is 81.0. The number of hydrogen-bond acceptors (Lipinski definition) is 1. The van der Waals surface area contributed by atoms with Crippen LogP contribution in [-0.4, -0.2) is 4.57 Å². The quantitative estimate of drug-likeness (QED) is 0.149. The molecule has 1 heterocycles. The van der Waals surface area contributed by atoms with E-state index in [0.29, 0.717) is 5.92 Å². The summed E-state index contributed by atoms with van der Waals surface area (Å²) < 4.78 is 2.35. The highest BCUT2D eigenvalue weighted by Crippen LogP contribution is 2.58. The third kappa shape index (κ3) is 6.09. The zero-order valence-corrected chi connectivity index (χ0v) is 34.9. The van der Waals surface area contributed by atoms with Gasteiger partial charge in [-0.2, -0.15) is 0 Å².